The van der Waals surface area contributed by atoms with E-state index in [0.717, 1.165) is 18.5 Å². The average molecular weight is 163 g/mol. The quantitative estimate of drug-likeness (QED) is 0.477. The highest BCUT2D eigenvalue weighted by Gasteiger charge is 2.46. The van der Waals surface area contributed by atoms with Gasteiger partial charge in [0.15, 0.2) is 0 Å². The van der Waals surface area contributed by atoms with E-state index in [1.807, 2.05) is 17.8 Å². The van der Waals surface area contributed by atoms with E-state index in [1.165, 1.54) is 0 Å². The maximum absolute atomic E-state index is 10.1. The molecule has 1 aliphatic rings. The van der Waals surface area contributed by atoms with Crippen LogP contribution in [0, 0.1) is 0 Å². The first-order valence-corrected chi connectivity index (χ1v) is 3.84. The van der Waals surface area contributed by atoms with E-state index in [2.05, 4.69) is 9.98 Å². The monoisotopic (exact) mass is 163 g/mol. The first-order valence-electron chi connectivity index (χ1n) is 3.84. The van der Waals surface area contributed by atoms with Crippen molar-refractivity contribution in [1.29, 1.82) is 0 Å². The van der Waals surface area contributed by atoms with Crippen molar-refractivity contribution < 1.29 is 4.79 Å². The lowest BCUT2D eigenvalue weighted by Gasteiger charge is -2.00. The molecule has 0 bridgehead atoms. The Morgan fingerprint density at radius 1 is 1.75 bits per heavy atom. The molecule has 1 aromatic rings. The Morgan fingerprint density at radius 3 is 2.92 bits per heavy atom. The van der Waals surface area contributed by atoms with Crippen molar-refractivity contribution in [3.63, 3.8) is 0 Å². The molecule has 1 heterocycles. The van der Waals surface area contributed by atoms with Gasteiger partial charge in [-0.2, -0.15) is 4.99 Å². The van der Waals surface area contributed by atoms with Crippen LogP contribution in [0.4, 0.5) is 0 Å². The third kappa shape index (κ3) is 0.970. The van der Waals surface area contributed by atoms with Crippen molar-refractivity contribution in [1.82, 2.24) is 9.55 Å². The maximum atomic E-state index is 10.1. The van der Waals surface area contributed by atoms with Gasteiger partial charge in [-0.3, -0.25) is 0 Å². The minimum Gasteiger partial charge on any atom is -0.340 e. The zero-order chi connectivity index (χ0) is 8.60. The number of nitrogens with zero attached hydrogens (tertiary/aromatic N) is 3. The summed E-state index contributed by atoms with van der Waals surface area (Å²) in [5.41, 5.74) is 0.566. The first-order chi connectivity index (χ1) is 5.77. The van der Waals surface area contributed by atoms with E-state index in [4.69, 9.17) is 0 Å². The number of hydrogen-bond donors (Lipinski definition) is 0. The number of aryl methyl sites for hydroxylation is 1. The molecule has 1 aliphatic carbocycles. The van der Waals surface area contributed by atoms with Crippen LogP contribution in [0.3, 0.4) is 0 Å². The summed E-state index contributed by atoms with van der Waals surface area (Å²) in [4.78, 5) is 18.0. The number of imidazole rings is 1. The second-order valence-electron chi connectivity index (χ2n) is 3.16. The second-order valence-corrected chi connectivity index (χ2v) is 3.16. The summed E-state index contributed by atoms with van der Waals surface area (Å²) in [6, 6.07) is 0. The van der Waals surface area contributed by atoms with E-state index in [1.54, 1.807) is 12.4 Å². The van der Waals surface area contributed by atoms with E-state index in [9.17, 15) is 4.79 Å². The van der Waals surface area contributed by atoms with Crippen LogP contribution in [0.1, 0.15) is 18.5 Å². The van der Waals surface area contributed by atoms with Crippen molar-refractivity contribution in [2.75, 3.05) is 0 Å². The molecule has 0 N–H and O–H groups in total. The molecule has 0 saturated heterocycles. The van der Waals surface area contributed by atoms with Crippen molar-refractivity contribution in [2.24, 2.45) is 12.0 Å². The number of hydrogen-bond acceptors (Lipinski definition) is 3. The standard InChI is InChI=1S/C8H9N3O/c1-11-4-7(9-5-11)8(2-3-8)10-6-12/h4-5H,2-3H2,1H3. The Balaban J connectivity index is 2.36. The number of rotatable bonds is 2. The van der Waals surface area contributed by atoms with Crippen molar-refractivity contribution in [2.45, 2.75) is 18.4 Å². The fourth-order valence-corrected chi connectivity index (χ4v) is 1.28. The SMILES string of the molecule is Cn1cnc(C2(N=C=O)CC2)c1. The summed E-state index contributed by atoms with van der Waals surface area (Å²) >= 11 is 0. The molecule has 0 atom stereocenters. The normalized spacial score (nSPS) is 18.4. The highest BCUT2D eigenvalue weighted by molar-refractivity contribution is 5.38. The predicted molar refractivity (Wildman–Crippen MR) is 42.2 cm³/mol. The Bertz CT molecular complexity index is 345. The topological polar surface area (TPSA) is 47.2 Å². The van der Waals surface area contributed by atoms with Crippen LogP contribution in [0.2, 0.25) is 0 Å². The van der Waals surface area contributed by atoms with Gasteiger partial charge in [0.2, 0.25) is 6.08 Å². The third-order valence-corrected chi connectivity index (χ3v) is 2.16. The van der Waals surface area contributed by atoms with E-state index in [0.29, 0.717) is 0 Å². The zero-order valence-electron chi connectivity index (χ0n) is 6.82. The highest BCUT2D eigenvalue weighted by Crippen LogP contribution is 2.48. The van der Waals surface area contributed by atoms with Gasteiger partial charge >= 0.3 is 0 Å². The molecule has 0 aromatic carbocycles. The summed E-state index contributed by atoms with van der Waals surface area (Å²) < 4.78 is 1.86. The molecule has 1 aromatic heterocycles. The molecule has 0 amide bonds. The fourth-order valence-electron chi connectivity index (χ4n) is 1.28. The fraction of sp³-hybridized carbons (Fsp3) is 0.500. The molecule has 0 aliphatic heterocycles. The van der Waals surface area contributed by atoms with Crippen molar-refractivity contribution in [3.05, 3.63) is 18.2 Å². The molecule has 12 heavy (non-hydrogen) atoms. The van der Waals surface area contributed by atoms with Crippen LogP contribution in [0.5, 0.6) is 0 Å². The van der Waals surface area contributed by atoms with Crippen LogP contribution in [0.25, 0.3) is 0 Å². The zero-order valence-corrected chi connectivity index (χ0v) is 6.82. The molecule has 62 valence electrons. The van der Waals surface area contributed by atoms with Crippen LogP contribution < -0.4 is 0 Å². The largest absolute Gasteiger partial charge is 0.340 e. The lowest BCUT2D eigenvalue weighted by Crippen LogP contribution is -2.02. The molecule has 4 heteroatoms. The Labute approximate surface area is 69.9 Å². The smallest absolute Gasteiger partial charge is 0.235 e. The van der Waals surface area contributed by atoms with Crippen molar-refractivity contribution in [3.8, 4) is 0 Å². The third-order valence-electron chi connectivity index (χ3n) is 2.16. The molecule has 4 nitrogen and oxygen atoms in total. The number of isocyanates is 1. The van der Waals surface area contributed by atoms with Gasteiger partial charge in [-0.05, 0) is 12.8 Å². The lowest BCUT2D eigenvalue weighted by atomic mass is 10.2. The van der Waals surface area contributed by atoms with Crippen LogP contribution in [0.15, 0.2) is 17.5 Å². The lowest BCUT2D eigenvalue weighted by molar-refractivity contribution is 0.555. The summed E-state index contributed by atoms with van der Waals surface area (Å²) in [7, 11) is 1.90. The minimum absolute atomic E-state index is 0.316. The van der Waals surface area contributed by atoms with Crippen LogP contribution in [-0.2, 0) is 17.4 Å². The number of carbonyl (C=O) groups excluding carboxylic acids is 1. The van der Waals surface area contributed by atoms with E-state index < -0.39 is 0 Å². The van der Waals surface area contributed by atoms with Gasteiger partial charge in [-0.1, -0.05) is 0 Å². The Hall–Kier alpha value is -1.41. The predicted octanol–water partition coefficient (Wildman–Crippen LogP) is 0.745. The molecule has 0 spiro atoms. The summed E-state index contributed by atoms with van der Waals surface area (Å²) in [6.07, 6.45) is 7.05. The average Bonchev–Trinajstić information content (AvgIpc) is 2.69. The minimum atomic E-state index is -0.316. The Morgan fingerprint density at radius 2 is 2.50 bits per heavy atom. The van der Waals surface area contributed by atoms with Gasteiger partial charge in [-0.15, -0.1) is 0 Å². The summed E-state index contributed by atoms with van der Waals surface area (Å²) in [5, 5.41) is 0. The van der Waals surface area contributed by atoms with Gasteiger partial charge in [0, 0.05) is 13.2 Å². The molecule has 0 unspecified atom stereocenters. The molecule has 0 radical (unpaired) electrons. The molecule has 1 saturated carbocycles. The van der Waals surface area contributed by atoms with Crippen molar-refractivity contribution >= 4 is 6.08 Å². The number of aliphatic imine (C=N–C) groups is 1. The molecular weight excluding hydrogens is 154 g/mol. The van der Waals surface area contributed by atoms with Crippen LogP contribution in [-0.4, -0.2) is 15.6 Å². The van der Waals surface area contributed by atoms with Gasteiger partial charge < -0.3 is 4.57 Å². The van der Waals surface area contributed by atoms with Gasteiger partial charge in [0.05, 0.1) is 12.0 Å². The van der Waals surface area contributed by atoms with Gasteiger partial charge in [0.1, 0.15) is 5.54 Å². The van der Waals surface area contributed by atoms with Gasteiger partial charge in [0.25, 0.3) is 0 Å². The second kappa shape index (κ2) is 2.29. The maximum Gasteiger partial charge on any atom is 0.235 e. The molecule has 1 fully saturated rings. The van der Waals surface area contributed by atoms with Gasteiger partial charge in [-0.25, -0.2) is 9.78 Å². The van der Waals surface area contributed by atoms with Crippen LogP contribution >= 0.6 is 0 Å². The molecular formula is C8H9N3O. The first kappa shape index (κ1) is 7.25. The van der Waals surface area contributed by atoms with E-state index in [-0.39, 0.29) is 5.54 Å². The molecule has 2 rings (SSSR count). The Kier molecular flexibility index (Phi) is 1.38. The number of aromatic nitrogens is 2. The highest BCUT2D eigenvalue weighted by atomic mass is 16.1. The van der Waals surface area contributed by atoms with E-state index >= 15 is 0 Å². The summed E-state index contributed by atoms with van der Waals surface area (Å²) in [5.74, 6) is 0. The summed E-state index contributed by atoms with van der Waals surface area (Å²) in [6.45, 7) is 0.